The molecule has 0 amide bonds. The minimum atomic E-state index is -1.56. The maximum atomic E-state index is 11.4. The standard InChI is InChI=1S/C29H53BrO16/c30-3-4-35-5-6-36-7-8-37-9-10-38-11-12-39-13-14-40-15-16-41-17-18-42-19-20-43-21-22-44-23-24-45-25-26-46-28(32)2-1-27(31)29(33)34/h1-26H2,(H,33,34). The van der Waals surface area contributed by atoms with Crippen LogP contribution in [0.4, 0.5) is 0 Å². The van der Waals surface area contributed by atoms with Gasteiger partial charge in [0.2, 0.25) is 5.78 Å². The number of Topliss-reactive ketones (excluding diaryl/α,β-unsaturated/α-hetero) is 1. The molecule has 1 N–H and O–H groups in total. The van der Waals surface area contributed by atoms with E-state index in [2.05, 4.69) is 15.9 Å². The van der Waals surface area contributed by atoms with Crippen molar-refractivity contribution in [3.63, 3.8) is 0 Å². The highest BCUT2D eigenvalue weighted by Gasteiger charge is 2.14. The summed E-state index contributed by atoms with van der Waals surface area (Å²) in [5.74, 6) is -3.24. The predicted molar refractivity (Wildman–Crippen MR) is 166 cm³/mol. The Bertz CT molecular complexity index is 688. The fraction of sp³-hybridized carbons (Fsp3) is 0.897. The molecule has 0 aliphatic rings. The van der Waals surface area contributed by atoms with Crippen LogP contribution in [0.3, 0.4) is 0 Å². The van der Waals surface area contributed by atoms with Crippen LogP contribution in [0, 0.1) is 0 Å². The van der Waals surface area contributed by atoms with Crippen molar-refractivity contribution in [2.75, 3.05) is 157 Å². The van der Waals surface area contributed by atoms with Crippen molar-refractivity contribution in [3.05, 3.63) is 0 Å². The Morgan fingerprint density at radius 1 is 0.370 bits per heavy atom. The van der Waals surface area contributed by atoms with Gasteiger partial charge in [0.25, 0.3) is 0 Å². The van der Waals surface area contributed by atoms with Crippen LogP contribution in [0.1, 0.15) is 12.8 Å². The minimum Gasteiger partial charge on any atom is -0.476 e. The Hall–Kier alpha value is -1.35. The zero-order valence-electron chi connectivity index (χ0n) is 26.8. The Morgan fingerprint density at radius 2 is 0.609 bits per heavy atom. The molecule has 0 radical (unpaired) electrons. The fourth-order valence-corrected chi connectivity index (χ4v) is 3.19. The van der Waals surface area contributed by atoms with E-state index >= 15 is 0 Å². The Morgan fingerprint density at radius 3 is 0.848 bits per heavy atom. The van der Waals surface area contributed by atoms with Gasteiger partial charge in [0, 0.05) is 11.8 Å². The lowest BCUT2D eigenvalue weighted by atomic mass is 10.2. The van der Waals surface area contributed by atoms with Crippen molar-refractivity contribution in [2.24, 2.45) is 0 Å². The molecule has 16 nitrogen and oxygen atoms in total. The molecule has 46 heavy (non-hydrogen) atoms. The maximum Gasteiger partial charge on any atom is 0.372 e. The average Bonchev–Trinajstić information content (AvgIpc) is 3.05. The summed E-state index contributed by atoms with van der Waals surface area (Å²) in [5, 5.41) is 9.26. The molecule has 272 valence electrons. The summed E-state index contributed by atoms with van der Waals surface area (Å²) in [6.45, 7) is 10.3. The highest BCUT2D eigenvalue weighted by atomic mass is 79.9. The van der Waals surface area contributed by atoms with Crippen molar-refractivity contribution in [2.45, 2.75) is 12.8 Å². The van der Waals surface area contributed by atoms with Crippen LogP contribution in [0.2, 0.25) is 0 Å². The predicted octanol–water partition coefficient (Wildman–Crippen LogP) is 0.541. The van der Waals surface area contributed by atoms with Gasteiger partial charge < -0.3 is 61.9 Å². The van der Waals surface area contributed by atoms with Gasteiger partial charge in [0.15, 0.2) is 0 Å². The molecule has 0 aromatic rings. The number of carboxylic acid groups (broad SMARTS) is 1. The number of rotatable bonds is 39. The molecule has 17 heteroatoms. The number of esters is 1. The molecule has 0 rings (SSSR count). The van der Waals surface area contributed by atoms with E-state index in [-0.39, 0.29) is 26.1 Å². The number of alkyl halides is 1. The van der Waals surface area contributed by atoms with E-state index in [1.165, 1.54) is 0 Å². The van der Waals surface area contributed by atoms with Crippen LogP contribution >= 0.6 is 15.9 Å². The van der Waals surface area contributed by atoms with Crippen LogP contribution in [-0.4, -0.2) is 180 Å². The molecule has 0 aliphatic carbocycles. The van der Waals surface area contributed by atoms with Crippen molar-refractivity contribution in [1.82, 2.24) is 0 Å². The number of carboxylic acids is 1. The van der Waals surface area contributed by atoms with Crippen LogP contribution in [0.25, 0.3) is 0 Å². The molecule has 0 atom stereocenters. The number of hydrogen-bond acceptors (Lipinski definition) is 15. The Balaban J connectivity index is 3.11. The first-order chi connectivity index (χ1) is 22.6. The third kappa shape index (κ3) is 37.1. The lowest BCUT2D eigenvalue weighted by Crippen LogP contribution is -2.17. The van der Waals surface area contributed by atoms with Gasteiger partial charge in [-0.1, -0.05) is 15.9 Å². The summed E-state index contributed by atoms with van der Waals surface area (Å²) < 4.78 is 64.1. The first-order valence-corrected chi connectivity index (χ1v) is 16.5. The summed E-state index contributed by atoms with van der Waals surface area (Å²) >= 11 is 3.29. The smallest absolute Gasteiger partial charge is 0.372 e. The molecular formula is C29H53BrO16. The number of carbonyl (C=O) groups is 3. The second-order valence-corrected chi connectivity index (χ2v) is 9.67. The summed E-state index contributed by atoms with van der Waals surface area (Å²) in [6.07, 6.45) is -0.660. The summed E-state index contributed by atoms with van der Waals surface area (Å²) in [5.41, 5.74) is 0. The average molecular weight is 738 g/mol. The van der Waals surface area contributed by atoms with E-state index in [1.807, 2.05) is 0 Å². The first-order valence-electron chi connectivity index (χ1n) is 15.4. The normalized spacial score (nSPS) is 11.2. The number of carbonyl (C=O) groups excluding carboxylic acids is 2. The zero-order chi connectivity index (χ0) is 33.6. The van der Waals surface area contributed by atoms with E-state index in [9.17, 15) is 14.4 Å². The van der Waals surface area contributed by atoms with Crippen LogP contribution in [0.15, 0.2) is 0 Å². The second kappa shape index (κ2) is 38.1. The van der Waals surface area contributed by atoms with Gasteiger partial charge >= 0.3 is 11.9 Å². The van der Waals surface area contributed by atoms with Gasteiger partial charge in [0.05, 0.1) is 152 Å². The van der Waals surface area contributed by atoms with Gasteiger partial charge in [-0.3, -0.25) is 9.59 Å². The number of aliphatic carboxylic acids is 1. The molecule has 0 saturated heterocycles. The fourth-order valence-electron chi connectivity index (χ4n) is 2.96. The van der Waals surface area contributed by atoms with Crippen LogP contribution < -0.4 is 0 Å². The molecular weight excluding hydrogens is 684 g/mol. The molecule has 0 saturated carbocycles. The first kappa shape index (κ1) is 44.6. The lowest BCUT2D eigenvalue weighted by Gasteiger charge is -2.09. The minimum absolute atomic E-state index is 0.0140. The van der Waals surface area contributed by atoms with E-state index in [4.69, 9.17) is 61.9 Å². The summed E-state index contributed by atoms with van der Waals surface area (Å²) in [6, 6.07) is 0. The number of hydrogen-bond donors (Lipinski definition) is 1. The lowest BCUT2D eigenvalue weighted by molar-refractivity contribution is -0.151. The van der Waals surface area contributed by atoms with Crippen molar-refractivity contribution < 1.29 is 76.3 Å². The zero-order valence-corrected chi connectivity index (χ0v) is 28.4. The summed E-state index contributed by atoms with van der Waals surface area (Å²) in [4.78, 5) is 32.6. The number of halogens is 1. The van der Waals surface area contributed by atoms with Gasteiger partial charge in [-0.25, -0.2) is 4.79 Å². The molecule has 0 aromatic carbocycles. The Kier molecular flexibility index (Phi) is 37.0. The number of ether oxygens (including phenoxy) is 12. The molecule has 0 heterocycles. The van der Waals surface area contributed by atoms with E-state index < -0.39 is 17.7 Å². The third-order valence-electron chi connectivity index (χ3n) is 5.23. The SMILES string of the molecule is O=C(CCC(=O)C(=O)O)OCCOCCOCCOCCOCCOCCOCCOCCOCCOCCOCCOCCBr. The van der Waals surface area contributed by atoms with E-state index in [0.717, 1.165) is 5.33 Å². The monoisotopic (exact) mass is 736 g/mol. The van der Waals surface area contributed by atoms with Crippen molar-refractivity contribution in [1.29, 1.82) is 0 Å². The molecule has 0 unspecified atom stereocenters. The molecule has 0 aromatic heterocycles. The highest BCUT2D eigenvalue weighted by Crippen LogP contribution is 1.95. The third-order valence-corrected chi connectivity index (χ3v) is 5.55. The Labute approximate surface area is 279 Å². The van der Waals surface area contributed by atoms with Gasteiger partial charge in [0.1, 0.15) is 6.61 Å². The molecule has 0 spiro atoms. The highest BCUT2D eigenvalue weighted by molar-refractivity contribution is 9.09. The number of ketones is 1. The van der Waals surface area contributed by atoms with Crippen molar-refractivity contribution in [3.8, 4) is 0 Å². The molecule has 0 fully saturated rings. The van der Waals surface area contributed by atoms with Crippen LogP contribution in [-0.2, 0) is 71.2 Å². The second-order valence-electron chi connectivity index (χ2n) is 8.87. The molecule has 0 aliphatic heterocycles. The van der Waals surface area contributed by atoms with Gasteiger partial charge in [-0.2, -0.15) is 0 Å². The van der Waals surface area contributed by atoms with Gasteiger partial charge in [-0.15, -0.1) is 0 Å². The maximum absolute atomic E-state index is 11.4. The topological polar surface area (TPSA) is 182 Å². The van der Waals surface area contributed by atoms with Crippen molar-refractivity contribution >= 4 is 33.7 Å². The largest absolute Gasteiger partial charge is 0.476 e. The summed E-state index contributed by atoms with van der Waals surface area (Å²) in [7, 11) is 0. The quantitative estimate of drug-likeness (QED) is 0.0399. The van der Waals surface area contributed by atoms with E-state index in [0.29, 0.717) is 139 Å². The molecule has 0 bridgehead atoms. The van der Waals surface area contributed by atoms with E-state index in [1.54, 1.807) is 0 Å². The van der Waals surface area contributed by atoms with Gasteiger partial charge in [-0.05, 0) is 0 Å². The van der Waals surface area contributed by atoms with Crippen LogP contribution in [0.5, 0.6) is 0 Å².